The third-order valence-corrected chi connectivity index (χ3v) is 14.1. The second-order valence-corrected chi connectivity index (χ2v) is 15.6. The van der Waals surface area contributed by atoms with Gasteiger partial charge in [0.1, 0.15) is 11.7 Å². The largest absolute Gasteiger partial charge is 0.392 e. The Balaban J connectivity index is 1.19. The number of fused-ring (bicyclic) bond motifs is 6. The van der Waals surface area contributed by atoms with Crippen LogP contribution in [0.15, 0.2) is 11.6 Å². The van der Waals surface area contributed by atoms with E-state index in [1.807, 2.05) is 6.92 Å². The van der Waals surface area contributed by atoms with E-state index in [0.717, 1.165) is 38.5 Å². The maximum absolute atomic E-state index is 11.5. The summed E-state index contributed by atoms with van der Waals surface area (Å²) in [6.07, 6.45) is 7.14. The average Bonchev–Trinajstić information content (AvgIpc) is 3.63. The molecular formula is C30H44O6. The Hall–Kier alpha value is -0.500. The molecule has 8 rings (SSSR count). The Morgan fingerprint density at radius 3 is 2.33 bits per heavy atom. The Bertz CT molecular complexity index is 1090. The minimum Gasteiger partial charge on any atom is -0.392 e. The number of rotatable bonds is 0. The van der Waals surface area contributed by atoms with Crippen LogP contribution in [0, 0.1) is 44.8 Å². The van der Waals surface area contributed by atoms with Crippen LogP contribution in [-0.4, -0.2) is 57.4 Å². The van der Waals surface area contributed by atoms with Gasteiger partial charge in [-0.25, -0.2) is 0 Å². The second-order valence-electron chi connectivity index (χ2n) is 15.6. The minimum atomic E-state index is -0.930. The molecule has 4 saturated carbocycles. The lowest BCUT2D eigenvalue weighted by Crippen LogP contribution is -2.58. The first-order valence-electron chi connectivity index (χ1n) is 14.5. The van der Waals surface area contributed by atoms with Gasteiger partial charge >= 0.3 is 0 Å². The lowest BCUT2D eigenvalue weighted by atomic mass is 9.44. The molecule has 6 heteroatoms. The number of aliphatic hydroxyl groups is 3. The molecule has 14 atom stereocenters. The SMILES string of the molecule is C[C@@H]1C[C@]2(OC(O)[C@@]3(C)O[C@@H]23)O[C@H]2C[C@@]3(C)C4=CCC5C(C)(C)[C@@H](O)C[C@H](O)[C@@]56C[C@@]46CC[C@]3(C)[C@@H]12. The van der Waals surface area contributed by atoms with E-state index in [4.69, 9.17) is 14.2 Å². The van der Waals surface area contributed by atoms with Gasteiger partial charge in [-0.15, -0.1) is 0 Å². The van der Waals surface area contributed by atoms with Crippen LogP contribution < -0.4 is 0 Å². The molecule has 2 unspecified atom stereocenters. The van der Waals surface area contributed by atoms with Crippen molar-refractivity contribution in [2.45, 2.75) is 129 Å². The van der Waals surface area contributed by atoms with E-state index < -0.39 is 29.9 Å². The van der Waals surface area contributed by atoms with Gasteiger partial charge in [0.15, 0.2) is 6.29 Å². The van der Waals surface area contributed by atoms with Crippen LogP contribution >= 0.6 is 0 Å². The van der Waals surface area contributed by atoms with Crippen molar-refractivity contribution in [1.29, 1.82) is 0 Å². The van der Waals surface area contributed by atoms with E-state index in [9.17, 15) is 15.3 Å². The average molecular weight is 501 g/mol. The molecule has 3 N–H and O–H groups in total. The molecular weight excluding hydrogens is 456 g/mol. The molecule has 0 radical (unpaired) electrons. The van der Waals surface area contributed by atoms with E-state index >= 15 is 0 Å². The highest BCUT2D eigenvalue weighted by Gasteiger charge is 2.85. The van der Waals surface area contributed by atoms with Crippen LogP contribution in [0.5, 0.6) is 0 Å². The molecule has 0 amide bonds. The quantitative estimate of drug-likeness (QED) is 0.345. The standard InChI is InChI=1S/C30H44O6/c1-15-12-30(22-27(6,35-22)23(33)36-30)34-16-13-26(5)18-8-7-17-24(2,3)19(31)11-20(32)29(17)14-28(18,29)10-9-25(26,4)21(15)16/h8,15-17,19-23,31-33H,7,9-14H2,1-6H3/t15-,16+,17?,19+,20+,21+,22-,23?,25-,26+,27+,28+,29-,30-/m1/s1. The van der Waals surface area contributed by atoms with Crippen LogP contribution in [0.1, 0.15) is 86.5 Å². The van der Waals surface area contributed by atoms with Crippen LogP contribution in [-0.2, 0) is 14.2 Å². The number of allylic oxidation sites excluding steroid dienone is 2. The topological polar surface area (TPSA) is 91.7 Å². The van der Waals surface area contributed by atoms with Crippen molar-refractivity contribution in [2.75, 3.05) is 0 Å². The van der Waals surface area contributed by atoms with Crippen molar-refractivity contribution < 1.29 is 29.5 Å². The van der Waals surface area contributed by atoms with Crippen molar-refractivity contribution in [3.05, 3.63) is 11.6 Å². The van der Waals surface area contributed by atoms with Gasteiger partial charge in [0.25, 0.3) is 0 Å². The zero-order valence-electron chi connectivity index (χ0n) is 22.7. The fourth-order valence-electron chi connectivity index (χ4n) is 12.1. The van der Waals surface area contributed by atoms with E-state index in [2.05, 4.69) is 40.7 Å². The highest BCUT2D eigenvalue weighted by molar-refractivity contribution is 5.47. The number of epoxide rings is 1. The number of ether oxygens (including phenoxy) is 3. The second kappa shape index (κ2) is 6.13. The van der Waals surface area contributed by atoms with Gasteiger partial charge in [-0.3, -0.25) is 0 Å². The van der Waals surface area contributed by atoms with Gasteiger partial charge in [-0.1, -0.05) is 46.3 Å². The van der Waals surface area contributed by atoms with Gasteiger partial charge in [0, 0.05) is 23.7 Å². The molecule has 6 nitrogen and oxygen atoms in total. The van der Waals surface area contributed by atoms with Crippen LogP contribution in [0.2, 0.25) is 0 Å². The Morgan fingerprint density at radius 2 is 1.67 bits per heavy atom. The lowest BCUT2D eigenvalue weighted by Gasteiger charge is -2.60. The first kappa shape index (κ1) is 23.4. The fourth-order valence-corrected chi connectivity index (χ4v) is 12.1. The zero-order chi connectivity index (χ0) is 25.5. The number of hydrogen-bond donors (Lipinski definition) is 3. The summed E-state index contributed by atoms with van der Waals surface area (Å²) in [7, 11) is 0. The summed E-state index contributed by atoms with van der Waals surface area (Å²) in [6, 6.07) is 0. The molecule has 0 bridgehead atoms. The van der Waals surface area contributed by atoms with Crippen molar-refractivity contribution in [3.8, 4) is 0 Å². The summed E-state index contributed by atoms with van der Waals surface area (Å²) in [6.45, 7) is 13.7. The molecule has 7 fully saturated rings. The summed E-state index contributed by atoms with van der Waals surface area (Å²) in [4.78, 5) is 0. The lowest BCUT2D eigenvalue weighted by molar-refractivity contribution is -0.344. The van der Waals surface area contributed by atoms with Gasteiger partial charge < -0.3 is 29.5 Å². The summed E-state index contributed by atoms with van der Waals surface area (Å²) >= 11 is 0. The van der Waals surface area contributed by atoms with E-state index in [0.29, 0.717) is 24.2 Å². The molecule has 3 heterocycles. The maximum atomic E-state index is 11.5. The zero-order valence-corrected chi connectivity index (χ0v) is 22.7. The maximum Gasteiger partial charge on any atom is 0.201 e. The van der Waals surface area contributed by atoms with Gasteiger partial charge in [-0.2, -0.15) is 0 Å². The molecule has 0 aromatic rings. The van der Waals surface area contributed by atoms with Crippen molar-refractivity contribution >= 4 is 0 Å². The molecule has 5 aliphatic carbocycles. The normalized spacial score (nSPS) is 67.5. The molecule has 200 valence electrons. The van der Waals surface area contributed by atoms with Crippen LogP contribution in [0.3, 0.4) is 0 Å². The van der Waals surface area contributed by atoms with Crippen molar-refractivity contribution in [1.82, 2.24) is 0 Å². The smallest absolute Gasteiger partial charge is 0.201 e. The Labute approximate surface area is 214 Å². The van der Waals surface area contributed by atoms with Crippen LogP contribution in [0.25, 0.3) is 0 Å². The Kier molecular flexibility index (Phi) is 3.98. The van der Waals surface area contributed by atoms with E-state index in [1.165, 1.54) is 0 Å². The van der Waals surface area contributed by atoms with E-state index in [-0.39, 0.29) is 39.3 Å². The molecule has 0 aromatic carbocycles. The summed E-state index contributed by atoms with van der Waals surface area (Å²) in [5.74, 6) is 0.322. The minimum absolute atomic E-state index is 0.000297. The van der Waals surface area contributed by atoms with Crippen molar-refractivity contribution in [2.24, 2.45) is 44.8 Å². The van der Waals surface area contributed by atoms with E-state index in [1.54, 1.807) is 5.57 Å². The predicted molar refractivity (Wildman–Crippen MR) is 131 cm³/mol. The van der Waals surface area contributed by atoms with Gasteiger partial charge in [-0.05, 0) is 73.0 Å². The monoisotopic (exact) mass is 500 g/mol. The molecule has 36 heavy (non-hydrogen) atoms. The fraction of sp³-hybridized carbons (Fsp3) is 0.933. The number of hydrogen-bond acceptors (Lipinski definition) is 6. The van der Waals surface area contributed by atoms with Gasteiger partial charge in [0.2, 0.25) is 5.79 Å². The number of aliphatic hydroxyl groups excluding tert-OH is 3. The van der Waals surface area contributed by atoms with Crippen LogP contribution in [0.4, 0.5) is 0 Å². The first-order valence-corrected chi connectivity index (χ1v) is 14.5. The van der Waals surface area contributed by atoms with Crippen molar-refractivity contribution in [3.63, 3.8) is 0 Å². The third kappa shape index (κ3) is 2.14. The Morgan fingerprint density at radius 1 is 0.917 bits per heavy atom. The molecule has 3 aliphatic heterocycles. The molecule has 3 saturated heterocycles. The molecule has 3 spiro atoms. The summed E-state index contributed by atoms with van der Waals surface area (Å²) < 4.78 is 19.0. The predicted octanol–water partition coefficient (Wildman–Crippen LogP) is 3.91. The highest BCUT2D eigenvalue weighted by Crippen LogP contribution is 2.88. The molecule has 8 aliphatic rings. The first-order chi connectivity index (χ1) is 16.7. The highest BCUT2D eigenvalue weighted by atomic mass is 16.8. The summed E-state index contributed by atoms with van der Waals surface area (Å²) in [5.41, 5.74) is 0.863. The van der Waals surface area contributed by atoms with Gasteiger partial charge in [0.05, 0.1) is 18.3 Å². The summed E-state index contributed by atoms with van der Waals surface area (Å²) in [5, 5.41) is 33.0. The third-order valence-electron chi connectivity index (χ3n) is 14.1. The molecule has 0 aromatic heterocycles.